The van der Waals surface area contributed by atoms with E-state index in [1.165, 1.54) is 28.4 Å². The van der Waals surface area contributed by atoms with Crippen LogP contribution in [-0.2, 0) is 0 Å². The number of nitro benzene ring substituents is 1. The van der Waals surface area contributed by atoms with Gasteiger partial charge in [-0.2, -0.15) is 0 Å². The molecule has 0 saturated carbocycles. The lowest BCUT2D eigenvalue weighted by molar-refractivity contribution is -0.385. The van der Waals surface area contributed by atoms with Crippen molar-refractivity contribution in [3.8, 4) is 0 Å². The average Bonchev–Trinajstić information content (AvgIpc) is 2.97. The molecule has 0 aliphatic carbocycles. The maximum absolute atomic E-state index is 13.0. The summed E-state index contributed by atoms with van der Waals surface area (Å²) in [7, 11) is 0. The molecule has 2 aromatic carbocycles. The number of thiazole rings is 1. The quantitative estimate of drug-likeness (QED) is 0.483. The van der Waals surface area contributed by atoms with Crippen LogP contribution in [0.3, 0.4) is 0 Å². The Kier molecular flexibility index (Phi) is 4.69. The number of benzene rings is 2. The molecule has 0 fully saturated rings. The van der Waals surface area contributed by atoms with Gasteiger partial charge in [0.1, 0.15) is 0 Å². The van der Waals surface area contributed by atoms with Gasteiger partial charge in [-0.15, -0.1) is 0 Å². The first-order chi connectivity index (χ1) is 11.9. The van der Waals surface area contributed by atoms with Crippen LogP contribution in [0.25, 0.3) is 10.2 Å². The molecule has 1 amide bonds. The highest BCUT2D eigenvalue weighted by atomic mass is 35.5. The number of carbonyl (C=O) groups excluding carboxylic acids is 1. The van der Waals surface area contributed by atoms with Crippen LogP contribution in [0.4, 0.5) is 10.8 Å². The molecule has 8 heteroatoms. The highest BCUT2D eigenvalue weighted by Crippen LogP contribution is 2.32. The molecule has 1 heterocycles. The van der Waals surface area contributed by atoms with Crippen LogP contribution in [0.1, 0.15) is 22.8 Å². The molecular formula is C17H14ClN3O3S. The molecule has 25 heavy (non-hydrogen) atoms. The first kappa shape index (κ1) is 17.3. The first-order valence-corrected chi connectivity index (χ1v) is 8.73. The third-order valence-electron chi connectivity index (χ3n) is 3.86. The predicted molar refractivity (Wildman–Crippen MR) is 99.8 cm³/mol. The second-order valence-electron chi connectivity index (χ2n) is 5.36. The minimum atomic E-state index is -0.484. The standard InChI is InChI=1S/C17H14ClN3O3S/c1-3-20(17-19-13-9-11(18)7-8-15(13)25-17)16(22)12-5-4-6-14(10(12)2)21(23)24/h4-9H,3H2,1-2H3. The predicted octanol–water partition coefficient (Wildman–Crippen LogP) is 4.83. The Hall–Kier alpha value is -2.51. The molecule has 128 valence electrons. The minimum Gasteiger partial charge on any atom is -0.284 e. The summed E-state index contributed by atoms with van der Waals surface area (Å²) in [5, 5.41) is 12.2. The van der Waals surface area contributed by atoms with Crippen LogP contribution in [0.5, 0.6) is 0 Å². The number of anilines is 1. The van der Waals surface area contributed by atoms with E-state index in [0.29, 0.717) is 27.8 Å². The summed E-state index contributed by atoms with van der Waals surface area (Å²) in [5.41, 5.74) is 1.29. The number of nitro groups is 1. The lowest BCUT2D eigenvalue weighted by atomic mass is 10.1. The number of halogens is 1. The molecule has 6 nitrogen and oxygen atoms in total. The van der Waals surface area contributed by atoms with Crippen molar-refractivity contribution in [3.05, 3.63) is 62.7 Å². The zero-order valence-corrected chi connectivity index (χ0v) is 15.1. The van der Waals surface area contributed by atoms with Gasteiger partial charge in [0.05, 0.1) is 15.1 Å². The second kappa shape index (κ2) is 6.78. The number of carbonyl (C=O) groups is 1. The largest absolute Gasteiger partial charge is 0.284 e. The fourth-order valence-electron chi connectivity index (χ4n) is 2.57. The topological polar surface area (TPSA) is 76.3 Å². The Balaban J connectivity index is 2.04. The number of amides is 1. The van der Waals surface area contributed by atoms with E-state index < -0.39 is 4.92 Å². The molecule has 3 rings (SSSR count). The van der Waals surface area contributed by atoms with Crippen molar-refractivity contribution in [2.75, 3.05) is 11.4 Å². The van der Waals surface area contributed by atoms with Gasteiger partial charge in [0.25, 0.3) is 11.6 Å². The fourth-order valence-corrected chi connectivity index (χ4v) is 3.74. The van der Waals surface area contributed by atoms with Crippen molar-refractivity contribution in [3.63, 3.8) is 0 Å². The number of hydrogen-bond donors (Lipinski definition) is 0. The molecule has 1 aromatic heterocycles. The lowest BCUT2D eigenvalue weighted by Gasteiger charge is -2.18. The van der Waals surface area contributed by atoms with Gasteiger partial charge in [0.2, 0.25) is 0 Å². The van der Waals surface area contributed by atoms with E-state index in [0.717, 1.165) is 10.2 Å². The van der Waals surface area contributed by atoms with Crippen LogP contribution in [0.2, 0.25) is 5.02 Å². The Morgan fingerprint density at radius 1 is 1.36 bits per heavy atom. The Labute approximate surface area is 152 Å². The molecule has 0 spiro atoms. The summed E-state index contributed by atoms with van der Waals surface area (Å²) >= 11 is 7.37. The van der Waals surface area contributed by atoms with E-state index in [2.05, 4.69) is 4.98 Å². The highest BCUT2D eigenvalue weighted by Gasteiger charge is 2.24. The van der Waals surface area contributed by atoms with Gasteiger partial charge in [-0.25, -0.2) is 4.98 Å². The van der Waals surface area contributed by atoms with E-state index in [1.807, 2.05) is 13.0 Å². The smallest absolute Gasteiger partial charge is 0.273 e. The SMILES string of the molecule is CCN(C(=O)c1cccc([N+](=O)[O-])c1C)c1nc2cc(Cl)ccc2s1. The van der Waals surface area contributed by atoms with Crippen LogP contribution >= 0.6 is 22.9 Å². The Morgan fingerprint density at radius 3 is 2.80 bits per heavy atom. The van der Waals surface area contributed by atoms with Crippen LogP contribution in [0.15, 0.2) is 36.4 Å². The maximum Gasteiger partial charge on any atom is 0.273 e. The summed E-state index contributed by atoms with van der Waals surface area (Å²) < 4.78 is 0.918. The van der Waals surface area contributed by atoms with Gasteiger partial charge in [-0.3, -0.25) is 19.8 Å². The summed E-state index contributed by atoms with van der Waals surface area (Å²) in [6.45, 7) is 3.81. The maximum atomic E-state index is 13.0. The number of hydrogen-bond acceptors (Lipinski definition) is 5. The number of rotatable bonds is 4. The zero-order valence-electron chi connectivity index (χ0n) is 13.5. The molecule has 0 aliphatic heterocycles. The van der Waals surface area contributed by atoms with E-state index in [1.54, 1.807) is 25.1 Å². The summed E-state index contributed by atoms with van der Waals surface area (Å²) in [6, 6.07) is 9.88. The molecular weight excluding hydrogens is 362 g/mol. The molecule has 0 saturated heterocycles. The van der Waals surface area contributed by atoms with Crippen molar-refractivity contribution >= 4 is 49.9 Å². The van der Waals surface area contributed by atoms with Crippen molar-refractivity contribution in [1.29, 1.82) is 0 Å². The van der Waals surface area contributed by atoms with Crippen molar-refractivity contribution in [2.24, 2.45) is 0 Å². The molecule has 0 N–H and O–H groups in total. The van der Waals surface area contributed by atoms with Gasteiger partial charge >= 0.3 is 0 Å². The van der Waals surface area contributed by atoms with E-state index in [-0.39, 0.29) is 11.6 Å². The monoisotopic (exact) mass is 375 g/mol. The van der Waals surface area contributed by atoms with Crippen LogP contribution in [-0.4, -0.2) is 22.4 Å². The molecule has 0 aliphatic rings. The van der Waals surface area contributed by atoms with Crippen molar-refractivity contribution < 1.29 is 9.72 Å². The number of aromatic nitrogens is 1. The zero-order chi connectivity index (χ0) is 18.1. The minimum absolute atomic E-state index is 0.0713. The average molecular weight is 376 g/mol. The Morgan fingerprint density at radius 2 is 2.12 bits per heavy atom. The fraction of sp³-hybridized carbons (Fsp3) is 0.176. The second-order valence-corrected chi connectivity index (χ2v) is 6.81. The van der Waals surface area contributed by atoms with E-state index in [4.69, 9.17) is 11.6 Å². The van der Waals surface area contributed by atoms with Crippen molar-refractivity contribution in [1.82, 2.24) is 4.98 Å². The molecule has 0 atom stereocenters. The van der Waals surface area contributed by atoms with Gasteiger partial charge in [0.15, 0.2) is 5.13 Å². The summed E-state index contributed by atoms with van der Waals surface area (Å²) in [6.07, 6.45) is 0. The van der Waals surface area contributed by atoms with E-state index >= 15 is 0 Å². The Bertz CT molecular complexity index is 986. The third kappa shape index (κ3) is 3.20. The lowest BCUT2D eigenvalue weighted by Crippen LogP contribution is -2.31. The van der Waals surface area contributed by atoms with Gasteiger partial charge in [-0.05, 0) is 38.1 Å². The molecule has 0 unspecified atom stereocenters. The van der Waals surface area contributed by atoms with Crippen LogP contribution < -0.4 is 4.90 Å². The molecule has 3 aromatic rings. The highest BCUT2D eigenvalue weighted by molar-refractivity contribution is 7.22. The van der Waals surface area contributed by atoms with Crippen molar-refractivity contribution in [2.45, 2.75) is 13.8 Å². The molecule has 0 bridgehead atoms. The molecule has 0 radical (unpaired) electrons. The summed E-state index contributed by atoms with van der Waals surface area (Å²) in [5.74, 6) is -0.311. The van der Waals surface area contributed by atoms with Gasteiger partial charge < -0.3 is 0 Å². The number of fused-ring (bicyclic) bond motifs is 1. The van der Waals surface area contributed by atoms with E-state index in [9.17, 15) is 14.9 Å². The third-order valence-corrected chi connectivity index (χ3v) is 5.16. The summed E-state index contributed by atoms with van der Waals surface area (Å²) in [4.78, 5) is 29.6. The van der Waals surface area contributed by atoms with Gasteiger partial charge in [-0.1, -0.05) is 29.0 Å². The first-order valence-electron chi connectivity index (χ1n) is 7.54. The van der Waals surface area contributed by atoms with Gasteiger partial charge in [0, 0.05) is 28.8 Å². The van der Waals surface area contributed by atoms with Crippen LogP contribution in [0, 0.1) is 17.0 Å². The number of nitrogens with zero attached hydrogens (tertiary/aromatic N) is 3. The normalized spacial score (nSPS) is 10.8.